The molecule has 17 heavy (non-hydrogen) atoms. The number of sulfone groups is 1. The average Bonchev–Trinajstić information content (AvgIpc) is 2.60. The van der Waals surface area contributed by atoms with Crippen molar-refractivity contribution >= 4 is 25.8 Å². The van der Waals surface area contributed by atoms with Crippen LogP contribution in [0.1, 0.15) is 38.8 Å². The van der Waals surface area contributed by atoms with Gasteiger partial charge in [-0.2, -0.15) is 0 Å². The summed E-state index contributed by atoms with van der Waals surface area (Å²) in [6, 6.07) is 0. The summed E-state index contributed by atoms with van der Waals surface area (Å²) in [7, 11) is -3.23. The summed E-state index contributed by atoms with van der Waals surface area (Å²) in [5.41, 5.74) is 0. The molecule has 7 heteroatoms. The Bertz CT molecular complexity index is 494. The van der Waals surface area contributed by atoms with Crippen molar-refractivity contribution in [2.24, 2.45) is 0 Å². The second-order valence-corrected chi connectivity index (χ2v) is 7.63. The van der Waals surface area contributed by atoms with Gasteiger partial charge in [0, 0.05) is 12.8 Å². The third-order valence-corrected chi connectivity index (χ3v) is 5.40. The van der Waals surface area contributed by atoms with Gasteiger partial charge in [-0.1, -0.05) is 22.9 Å². The van der Waals surface area contributed by atoms with Crippen molar-refractivity contribution in [3.8, 4) is 0 Å². The standard InChI is InChI=1S/C10H18BrN3O2S/c1-5-6-14-8(7-11)12-13-9(14)10(2,3)17(4,15)16/h5-7H2,1-4H3. The Hall–Kier alpha value is -0.430. The molecule has 1 rings (SSSR count). The Balaban J connectivity index is 3.36. The monoisotopic (exact) mass is 323 g/mol. The lowest BCUT2D eigenvalue weighted by molar-refractivity contribution is 0.521. The van der Waals surface area contributed by atoms with E-state index >= 15 is 0 Å². The van der Waals surface area contributed by atoms with Gasteiger partial charge in [-0.15, -0.1) is 10.2 Å². The van der Waals surface area contributed by atoms with Crippen LogP contribution in [0, 0.1) is 0 Å². The van der Waals surface area contributed by atoms with Gasteiger partial charge in [0.15, 0.2) is 15.7 Å². The molecular weight excluding hydrogens is 306 g/mol. The van der Waals surface area contributed by atoms with Crippen LogP contribution in [-0.2, 0) is 26.5 Å². The van der Waals surface area contributed by atoms with Crippen molar-refractivity contribution < 1.29 is 8.42 Å². The molecule has 5 nitrogen and oxygen atoms in total. The first-order chi connectivity index (χ1) is 7.75. The zero-order valence-electron chi connectivity index (χ0n) is 10.6. The Morgan fingerprint density at radius 2 is 1.94 bits per heavy atom. The Kier molecular flexibility index (Phi) is 4.35. The molecule has 0 unspecified atom stereocenters. The topological polar surface area (TPSA) is 64.8 Å². The summed E-state index contributed by atoms with van der Waals surface area (Å²) >= 11 is 3.34. The van der Waals surface area contributed by atoms with E-state index in [2.05, 4.69) is 26.1 Å². The van der Waals surface area contributed by atoms with Gasteiger partial charge in [0.1, 0.15) is 10.6 Å². The highest BCUT2D eigenvalue weighted by atomic mass is 79.9. The van der Waals surface area contributed by atoms with E-state index in [0.717, 1.165) is 18.8 Å². The molecule has 0 atom stereocenters. The van der Waals surface area contributed by atoms with Crippen LogP contribution in [-0.4, -0.2) is 29.4 Å². The van der Waals surface area contributed by atoms with Gasteiger partial charge in [-0.05, 0) is 20.3 Å². The zero-order valence-corrected chi connectivity index (χ0v) is 13.0. The van der Waals surface area contributed by atoms with Gasteiger partial charge in [0.2, 0.25) is 0 Å². The van der Waals surface area contributed by atoms with Crippen molar-refractivity contribution in [2.45, 2.75) is 43.8 Å². The number of aromatic nitrogens is 3. The molecule has 0 radical (unpaired) electrons. The SMILES string of the molecule is CCCn1c(CBr)nnc1C(C)(C)S(C)(=O)=O. The molecule has 0 N–H and O–H groups in total. The third kappa shape index (κ3) is 2.70. The van der Waals surface area contributed by atoms with E-state index in [1.165, 1.54) is 6.26 Å². The largest absolute Gasteiger partial charge is 0.313 e. The normalized spacial score (nSPS) is 13.0. The summed E-state index contributed by atoms with van der Waals surface area (Å²) < 4.78 is 24.5. The molecule has 1 heterocycles. The highest BCUT2D eigenvalue weighted by Gasteiger charge is 2.37. The molecule has 0 saturated heterocycles. The Labute approximate surface area is 111 Å². The van der Waals surface area contributed by atoms with E-state index in [1.54, 1.807) is 13.8 Å². The van der Waals surface area contributed by atoms with Gasteiger partial charge in [0.05, 0.1) is 5.33 Å². The van der Waals surface area contributed by atoms with E-state index in [4.69, 9.17) is 0 Å². The molecule has 0 fully saturated rings. The van der Waals surface area contributed by atoms with Gasteiger partial charge >= 0.3 is 0 Å². The van der Waals surface area contributed by atoms with Crippen LogP contribution in [0.4, 0.5) is 0 Å². The van der Waals surface area contributed by atoms with Gasteiger partial charge in [0.25, 0.3) is 0 Å². The van der Waals surface area contributed by atoms with Crippen LogP contribution in [0.3, 0.4) is 0 Å². The lowest BCUT2D eigenvalue weighted by atomic mass is 10.2. The minimum absolute atomic E-state index is 0.510. The maximum Gasteiger partial charge on any atom is 0.159 e. The van der Waals surface area contributed by atoms with E-state index in [9.17, 15) is 8.42 Å². The minimum atomic E-state index is -3.23. The number of rotatable bonds is 5. The summed E-state index contributed by atoms with van der Waals surface area (Å²) in [4.78, 5) is 0. The molecular formula is C10H18BrN3O2S. The molecule has 1 aromatic heterocycles. The number of hydrogen-bond donors (Lipinski definition) is 0. The van der Waals surface area contributed by atoms with Crippen molar-refractivity contribution in [1.82, 2.24) is 14.8 Å². The lowest BCUT2D eigenvalue weighted by Gasteiger charge is -2.22. The van der Waals surface area contributed by atoms with Crippen LogP contribution in [0.25, 0.3) is 0 Å². The lowest BCUT2D eigenvalue weighted by Crippen LogP contribution is -2.32. The minimum Gasteiger partial charge on any atom is -0.313 e. The predicted octanol–water partition coefficient (Wildman–Crippen LogP) is 1.86. The van der Waals surface area contributed by atoms with Crippen molar-refractivity contribution in [1.29, 1.82) is 0 Å². The molecule has 0 bridgehead atoms. The number of alkyl halides is 1. The van der Waals surface area contributed by atoms with Crippen LogP contribution >= 0.6 is 15.9 Å². The third-order valence-electron chi connectivity index (χ3n) is 2.86. The van der Waals surface area contributed by atoms with Crippen molar-refractivity contribution in [3.63, 3.8) is 0 Å². The molecule has 0 aliphatic rings. The fraction of sp³-hybridized carbons (Fsp3) is 0.800. The van der Waals surface area contributed by atoms with Gasteiger partial charge < -0.3 is 4.57 Å². The van der Waals surface area contributed by atoms with E-state index in [-0.39, 0.29) is 0 Å². The highest BCUT2D eigenvalue weighted by molar-refractivity contribution is 9.08. The number of halogens is 1. The second kappa shape index (κ2) is 5.06. The zero-order chi connectivity index (χ0) is 13.3. The maximum atomic E-state index is 11.8. The van der Waals surface area contributed by atoms with Gasteiger partial charge in [-0.3, -0.25) is 0 Å². The predicted molar refractivity (Wildman–Crippen MR) is 70.8 cm³/mol. The highest BCUT2D eigenvalue weighted by Crippen LogP contribution is 2.28. The first kappa shape index (κ1) is 14.6. The molecule has 0 amide bonds. The van der Waals surface area contributed by atoms with Gasteiger partial charge in [-0.25, -0.2) is 8.42 Å². The van der Waals surface area contributed by atoms with Crippen LogP contribution < -0.4 is 0 Å². The van der Waals surface area contributed by atoms with Crippen LogP contribution in [0.15, 0.2) is 0 Å². The van der Waals surface area contributed by atoms with Crippen LogP contribution in [0.5, 0.6) is 0 Å². The molecule has 1 aromatic rings. The first-order valence-electron chi connectivity index (χ1n) is 5.43. The molecule has 0 aliphatic heterocycles. The fourth-order valence-electron chi connectivity index (χ4n) is 1.50. The number of nitrogens with zero attached hydrogens (tertiary/aromatic N) is 3. The first-order valence-corrected chi connectivity index (χ1v) is 8.45. The molecule has 0 saturated carbocycles. The molecule has 0 aromatic carbocycles. The van der Waals surface area contributed by atoms with E-state index in [1.807, 2.05) is 11.5 Å². The maximum absolute atomic E-state index is 11.8. The van der Waals surface area contributed by atoms with E-state index in [0.29, 0.717) is 11.2 Å². The fourth-order valence-corrected chi connectivity index (χ4v) is 2.40. The molecule has 0 spiro atoms. The van der Waals surface area contributed by atoms with Crippen LogP contribution in [0.2, 0.25) is 0 Å². The van der Waals surface area contributed by atoms with Crippen molar-refractivity contribution in [3.05, 3.63) is 11.6 Å². The smallest absolute Gasteiger partial charge is 0.159 e. The Morgan fingerprint density at radius 3 is 2.35 bits per heavy atom. The average molecular weight is 324 g/mol. The number of hydrogen-bond acceptors (Lipinski definition) is 4. The van der Waals surface area contributed by atoms with Crippen molar-refractivity contribution in [2.75, 3.05) is 6.26 Å². The summed E-state index contributed by atoms with van der Waals surface area (Å²) in [6.07, 6.45) is 2.14. The summed E-state index contributed by atoms with van der Waals surface area (Å²) in [5.74, 6) is 1.27. The second-order valence-electron chi connectivity index (χ2n) is 4.51. The van der Waals surface area contributed by atoms with E-state index < -0.39 is 14.6 Å². The summed E-state index contributed by atoms with van der Waals surface area (Å²) in [5, 5.41) is 8.65. The quantitative estimate of drug-likeness (QED) is 0.776. The molecule has 98 valence electrons. The Morgan fingerprint density at radius 1 is 1.35 bits per heavy atom. The summed E-state index contributed by atoms with van der Waals surface area (Å²) in [6.45, 7) is 6.09. The molecule has 0 aliphatic carbocycles.